The van der Waals surface area contributed by atoms with E-state index in [2.05, 4.69) is 0 Å². The van der Waals surface area contributed by atoms with Gasteiger partial charge in [-0.3, -0.25) is 9.59 Å². The Morgan fingerprint density at radius 2 is 1.84 bits per heavy atom. The van der Waals surface area contributed by atoms with E-state index in [-0.39, 0.29) is 48.2 Å². The van der Waals surface area contributed by atoms with Crippen molar-refractivity contribution in [3.05, 3.63) is 63.6 Å². The Bertz CT molecular complexity index is 1070. The molecule has 2 aromatic rings. The van der Waals surface area contributed by atoms with Crippen LogP contribution in [0.4, 0.5) is 0 Å². The Balaban J connectivity index is 1.59. The van der Waals surface area contributed by atoms with Crippen LogP contribution in [0.5, 0.6) is 5.75 Å². The van der Waals surface area contributed by atoms with E-state index in [1.807, 2.05) is 35.2 Å². The lowest BCUT2D eigenvalue weighted by Crippen LogP contribution is -2.62. The molecule has 6 rings (SSSR count). The first kappa shape index (κ1) is 19.8. The number of nitrogens with zero attached hydrogens (tertiary/aromatic N) is 2. The van der Waals surface area contributed by atoms with Crippen molar-refractivity contribution in [2.45, 2.75) is 57.8 Å². The summed E-state index contributed by atoms with van der Waals surface area (Å²) in [5.41, 5.74) is 0.448. The summed E-state index contributed by atoms with van der Waals surface area (Å²) < 4.78 is 12.8. The summed E-state index contributed by atoms with van der Waals surface area (Å²) in [4.78, 5) is 41.3. The Labute approximate surface area is 180 Å². The van der Waals surface area contributed by atoms with E-state index in [0.717, 1.165) is 31.2 Å². The van der Waals surface area contributed by atoms with Crippen LogP contribution < -0.4 is 10.2 Å². The van der Waals surface area contributed by atoms with Crippen molar-refractivity contribution >= 4 is 11.9 Å². The Kier molecular flexibility index (Phi) is 5.04. The molecule has 2 saturated heterocycles. The summed E-state index contributed by atoms with van der Waals surface area (Å²) in [6.45, 7) is 2.56. The highest BCUT2D eigenvalue weighted by atomic mass is 16.5. The van der Waals surface area contributed by atoms with Crippen molar-refractivity contribution in [3.63, 3.8) is 0 Å². The number of fused-ring (bicyclic) bond motifs is 3. The van der Waals surface area contributed by atoms with Crippen LogP contribution in [0.15, 0.2) is 41.3 Å². The van der Waals surface area contributed by atoms with Crippen LogP contribution in [0, 0.1) is 5.92 Å². The van der Waals surface area contributed by atoms with Crippen LogP contribution in [-0.4, -0.2) is 40.0 Å². The molecule has 1 atom stereocenters. The molecule has 1 amide bonds. The fraction of sp³-hybridized carbons (Fsp3) is 0.458. The molecule has 7 heteroatoms. The summed E-state index contributed by atoms with van der Waals surface area (Å²) >= 11 is 0. The minimum Gasteiger partial charge on any atom is -0.483 e. The van der Waals surface area contributed by atoms with E-state index in [0.29, 0.717) is 12.5 Å². The minimum absolute atomic E-state index is 0.0562. The first-order valence-electron chi connectivity index (χ1n) is 11.0. The van der Waals surface area contributed by atoms with E-state index in [9.17, 15) is 14.4 Å². The maximum absolute atomic E-state index is 13.6. The van der Waals surface area contributed by atoms with Crippen LogP contribution in [-0.2, 0) is 17.9 Å². The van der Waals surface area contributed by atoms with Gasteiger partial charge in [-0.15, -0.1) is 0 Å². The standard InChI is InChI=1S/C24H26N2O5/c1-2-30-24(29)18-12-25-13-19-16-8-10-17(11-9-16)26(19)23(28)20(25)22(21(18)27)31-14-15-6-4-3-5-7-15/h3-7,12,16-17,19H,2,8-11,13-14H2,1H3/t16?,17?,19-/m0/s1. The van der Waals surface area contributed by atoms with Crippen molar-refractivity contribution in [2.24, 2.45) is 5.92 Å². The van der Waals surface area contributed by atoms with Crippen LogP contribution >= 0.6 is 0 Å². The summed E-state index contributed by atoms with van der Waals surface area (Å²) in [6, 6.07) is 9.77. The number of benzene rings is 1. The van der Waals surface area contributed by atoms with E-state index in [1.54, 1.807) is 11.5 Å². The number of esters is 1. The molecule has 0 radical (unpaired) electrons. The topological polar surface area (TPSA) is 77.8 Å². The van der Waals surface area contributed by atoms with E-state index >= 15 is 0 Å². The Hall–Kier alpha value is -3.09. The molecule has 3 fully saturated rings. The average molecular weight is 422 g/mol. The molecular weight excluding hydrogens is 396 g/mol. The summed E-state index contributed by atoms with van der Waals surface area (Å²) in [7, 11) is 0. The first-order chi connectivity index (χ1) is 15.1. The van der Waals surface area contributed by atoms with Gasteiger partial charge in [0.15, 0.2) is 11.4 Å². The van der Waals surface area contributed by atoms with Gasteiger partial charge in [0.1, 0.15) is 12.2 Å². The number of amides is 1. The second-order valence-electron chi connectivity index (χ2n) is 8.55. The van der Waals surface area contributed by atoms with Gasteiger partial charge in [-0.2, -0.15) is 0 Å². The van der Waals surface area contributed by atoms with E-state index in [4.69, 9.17) is 9.47 Å². The molecule has 1 aliphatic carbocycles. The predicted molar refractivity (Wildman–Crippen MR) is 113 cm³/mol. The molecule has 0 unspecified atom stereocenters. The molecule has 2 bridgehead atoms. The monoisotopic (exact) mass is 422 g/mol. The molecule has 0 N–H and O–H groups in total. The summed E-state index contributed by atoms with van der Waals surface area (Å²) in [6.07, 6.45) is 5.76. The lowest BCUT2D eigenvalue weighted by molar-refractivity contribution is -0.0183. The summed E-state index contributed by atoms with van der Waals surface area (Å²) in [5, 5.41) is 0. The zero-order chi connectivity index (χ0) is 21.5. The van der Waals surface area contributed by atoms with E-state index < -0.39 is 11.4 Å². The average Bonchev–Trinajstić information content (AvgIpc) is 2.80. The van der Waals surface area contributed by atoms with Crippen molar-refractivity contribution in [2.75, 3.05) is 6.61 Å². The smallest absolute Gasteiger partial charge is 0.343 e. The highest BCUT2D eigenvalue weighted by Crippen LogP contribution is 2.43. The normalized spacial score (nSPS) is 23.8. The second-order valence-corrected chi connectivity index (χ2v) is 8.55. The molecule has 0 spiro atoms. The molecule has 1 saturated carbocycles. The first-order valence-corrected chi connectivity index (χ1v) is 11.0. The number of rotatable bonds is 5. The lowest BCUT2D eigenvalue weighted by atomic mass is 9.73. The largest absolute Gasteiger partial charge is 0.483 e. The summed E-state index contributed by atoms with van der Waals surface area (Å²) in [5.74, 6) is -0.450. The number of ether oxygens (including phenoxy) is 2. The zero-order valence-electron chi connectivity index (χ0n) is 17.6. The van der Waals surface area contributed by atoms with Gasteiger partial charge in [-0.05, 0) is 44.1 Å². The van der Waals surface area contributed by atoms with Crippen LogP contribution in [0.1, 0.15) is 59.0 Å². The third-order valence-corrected chi connectivity index (χ3v) is 6.82. The zero-order valence-corrected chi connectivity index (χ0v) is 17.6. The second kappa shape index (κ2) is 7.87. The molecule has 1 aromatic heterocycles. The third-order valence-electron chi connectivity index (χ3n) is 6.82. The molecule has 162 valence electrons. The van der Waals surface area contributed by atoms with Crippen molar-refractivity contribution in [1.29, 1.82) is 0 Å². The maximum Gasteiger partial charge on any atom is 0.343 e. The van der Waals surface area contributed by atoms with Crippen molar-refractivity contribution < 1.29 is 19.1 Å². The van der Waals surface area contributed by atoms with Crippen molar-refractivity contribution in [3.8, 4) is 5.75 Å². The lowest BCUT2D eigenvalue weighted by Gasteiger charge is -2.53. The number of pyridine rings is 1. The molecule has 4 heterocycles. The fourth-order valence-corrected chi connectivity index (χ4v) is 5.36. The number of hydrogen-bond acceptors (Lipinski definition) is 5. The van der Waals surface area contributed by atoms with Gasteiger partial charge >= 0.3 is 5.97 Å². The number of aromatic nitrogens is 1. The molecule has 1 aromatic carbocycles. The quantitative estimate of drug-likeness (QED) is 0.693. The number of carbonyl (C=O) groups excluding carboxylic acids is 2. The Morgan fingerprint density at radius 1 is 1.10 bits per heavy atom. The van der Waals surface area contributed by atoms with Gasteiger partial charge < -0.3 is 18.9 Å². The van der Waals surface area contributed by atoms with Crippen LogP contribution in [0.25, 0.3) is 0 Å². The van der Waals surface area contributed by atoms with Gasteiger partial charge in [-0.25, -0.2) is 4.79 Å². The van der Waals surface area contributed by atoms with Gasteiger partial charge in [-0.1, -0.05) is 30.3 Å². The third kappa shape index (κ3) is 3.32. The molecule has 31 heavy (non-hydrogen) atoms. The molecule has 7 nitrogen and oxygen atoms in total. The molecule has 4 aliphatic rings. The number of piperidine rings is 2. The molecule has 3 aliphatic heterocycles. The number of hydrogen-bond donors (Lipinski definition) is 0. The highest BCUT2D eigenvalue weighted by molar-refractivity contribution is 5.98. The van der Waals surface area contributed by atoms with Gasteiger partial charge in [0.2, 0.25) is 5.43 Å². The SMILES string of the molecule is CCOC(=O)c1cn2c(c(OCc3ccccc3)c1=O)C(=O)N1C3CCC(CC3)[C@@H]1C2. The van der Waals surface area contributed by atoms with Gasteiger partial charge in [0.05, 0.1) is 12.6 Å². The van der Waals surface area contributed by atoms with Gasteiger partial charge in [0, 0.05) is 18.8 Å². The van der Waals surface area contributed by atoms with Gasteiger partial charge in [0.25, 0.3) is 5.91 Å². The highest BCUT2D eigenvalue weighted by Gasteiger charge is 2.48. The Morgan fingerprint density at radius 3 is 2.55 bits per heavy atom. The maximum atomic E-state index is 13.6. The van der Waals surface area contributed by atoms with Crippen LogP contribution in [0.2, 0.25) is 0 Å². The van der Waals surface area contributed by atoms with Crippen LogP contribution in [0.3, 0.4) is 0 Å². The number of carbonyl (C=O) groups is 2. The molecular formula is C24H26N2O5. The predicted octanol–water partition coefficient (Wildman–Crippen LogP) is 3.00. The van der Waals surface area contributed by atoms with E-state index in [1.165, 1.54) is 6.20 Å². The fourth-order valence-electron chi connectivity index (χ4n) is 5.36. The minimum atomic E-state index is -0.688. The van der Waals surface area contributed by atoms with Crippen molar-refractivity contribution in [1.82, 2.24) is 9.47 Å².